The van der Waals surface area contributed by atoms with Crippen LogP contribution >= 0.6 is 0 Å². The van der Waals surface area contributed by atoms with Gasteiger partial charge in [0, 0.05) is 13.1 Å². The number of carbonyl (C=O) groups excluding carboxylic acids is 1. The minimum absolute atomic E-state index is 0.0849. The van der Waals surface area contributed by atoms with Gasteiger partial charge in [0.2, 0.25) is 0 Å². The molecule has 0 aliphatic carbocycles. The summed E-state index contributed by atoms with van der Waals surface area (Å²) in [4.78, 5) is 13.3. The van der Waals surface area contributed by atoms with Crippen LogP contribution in [0.1, 0.15) is 20.8 Å². The van der Waals surface area contributed by atoms with E-state index in [0.717, 1.165) is 0 Å². The van der Waals surface area contributed by atoms with E-state index in [9.17, 15) is 13.2 Å². The van der Waals surface area contributed by atoms with Gasteiger partial charge in [-0.15, -0.1) is 0 Å². The Morgan fingerprint density at radius 1 is 1.22 bits per heavy atom. The molecule has 1 aromatic carbocycles. The number of ether oxygens (including phenoxy) is 1. The number of benzene rings is 1. The zero-order valence-corrected chi connectivity index (χ0v) is 14.1. The smallest absolute Gasteiger partial charge is 0.444 e. The molecule has 1 amide bonds. The lowest BCUT2D eigenvalue weighted by atomic mass is 9.81. The maximum absolute atomic E-state index is 12.4. The third-order valence-corrected chi connectivity index (χ3v) is 5.55. The molecule has 0 bridgehead atoms. The second-order valence-corrected chi connectivity index (χ2v) is 8.72. The van der Waals surface area contributed by atoms with Crippen molar-refractivity contribution in [2.24, 2.45) is 0 Å². The number of hydrogen-bond donors (Lipinski definition) is 2. The largest absolute Gasteiger partial charge is 0.488 e. The van der Waals surface area contributed by atoms with Gasteiger partial charge in [-0.1, -0.05) is 12.1 Å². The highest BCUT2D eigenvalue weighted by atomic mass is 32.2. The first kappa shape index (κ1) is 17.8. The number of hydrogen-bond acceptors (Lipinski definition) is 6. The summed E-state index contributed by atoms with van der Waals surface area (Å²) in [6, 6.07) is 5.37. The second kappa shape index (κ2) is 6.14. The van der Waals surface area contributed by atoms with Crippen molar-refractivity contribution in [3.8, 4) is 0 Å². The number of nitrogens with zero attached hydrogens (tertiary/aromatic N) is 1. The molecular weight excluding hydrogens is 321 g/mol. The van der Waals surface area contributed by atoms with E-state index in [1.54, 1.807) is 20.8 Å². The van der Waals surface area contributed by atoms with E-state index in [0.29, 0.717) is 0 Å². The van der Waals surface area contributed by atoms with Gasteiger partial charge in [-0.3, -0.25) is 0 Å². The minimum atomic E-state index is -3.57. The van der Waals surface area contributed by atoms with Crippen LogP contribution in [0.15, 0.2) is 29.2 Å². The molecule has 7 nitrogen and oxygen atoms in total. The van der Waals surface area contributed by atoms with Crippen LogP contribution in [0.2, 0.25) is 0 Å². The molecule has 1 aromatic rings. The Balaban J connectivity index is 2.02. The van der Waals surface area contributed by atoms with Crippen molar-refractivity contribution >= 4 is 28.5 Å². The van der Waals surface area contributed by atoms with E-state index in [4.69, 9.17) is 14.8 Å². The minimum Gasteiger partial charge on any atom is -0.444 e. The van der Waals surface area contributed by atoms with Crippen molar-refractivity contribution in [3.63, 3.8) is 0 Å². The summed E-state index contributed by atoms with van der Waals surface area (Å²) in [6.07, 6.45) is -0.525. The molecule has 0 spiro atoms. The Kier molecular flexibility index (Phi) is 4.75. The van der Waals surface area contributed by atoms with Crippen molar-refractivity contribution in [2.45, 2.75) is 36.5 Å². The predicted molar refractivity (Wildman–Crippen MR) is 85.0 cm³/mol. The molecule has 1 saturated heterocycles. The summed E-state index contributed by atoms with van der Waals surface area (Å²) in [5, 5.41) is 17.4. The molecule has 9 heteroatoms. The zero-order chi connectivity index (χ0) is 17.4. The summed E-state index contributed by atoms with van der Waals surface area (Å²) < 4.78 is 30.1. The average Bonchev–Trinajstić information content (AvgIpc) is 2.34. The Morgan fingerprint density at radius 2 is 1.74 bits per heavy atom. The van der Waals surface area contributed by atoms with E-state index in [2.05, 4.69) is 0 Å². The van der Waals surface area contributed by atoms with Crippen LogP contribution in [0.4, 0.5) is 4.79 Å². The van der Waals surface area contributed by atoms with Crippen LogP contribution in [0, 0.1) is 0 Å². The molecule has 0 aromatic heterocycles. The van der Waals surface area contributed by atoms with Crippen molar-refractivity contribution in [2.75, 3.05) is 13.1 Å². The maximum atomic E-state index is 12.4. The third-order valence-electron chi connectivity index (χ3n) is 3.45. The highest BCUT2D eigenvalue weighted by Crippen LogP contribution is 2.25. The standard InChI is InChI=1S/C14H20BNO6S/c1-14(2,3)22-13(17)16-8-12(9-16)23(20,21)11-6-4-10(5-7-11)15(18)19/h4-7,12,18-19H,8-9H2,1-3H3. The summed E-state index contributed by atoms with van der Waals surface area (Å²) in [7, 11) is -5.21. The number of likely N-dealkylation sites (tertiary alicyclic amines) is 1. The molecule has 1 heterocycles. The summed E-state index contributed by atoms with van der Waals surface area (Å²) >= 11 is 0. The Morgan fingerprint density at radius 3 is 2.17 bits per heavy atom. The van der Waals surface area contributed by atoms with Crippen LogP contribution < -0.4 is 5.46 Å². The molecule has 0 atom stereocenters. The molecule has 1 aliphatic heterocycles. The normalized spacial score (nSPS) is 16.0. The van der Waals surface area contributed by atoms with Crippen LogP contribution in [0.3, 0.4) is 0 Å². The topological polar surface area (TPSA) is 104 Å². The van der Waals surface area contributed by atoms with E-state index in [-0.39, 0.29) is 23.4 Å². The van der Waals surface area contributed by atoms with Crippen LogP contribution in [0.25, 0.3) is 0 Å². The van der Waals surface area contributed by atoms with Gasteiger partial charge in [0.05, 0.1) is 4.90 Å². The Hall–Kier alpha value is -1.58. The molecule has 0 radical (unpaired) electrons. The quantitative estimate of drug-likeness (QED) is 0.736. The van der Waals surface area contributed by atoms with E-state index < -0.39 is 33.9 Å². The van der Waals surface area contributed by atoms with Crippen molar-refractivity contribution in [1.29, 1.82) is 0 Å². The van der Waals surface area contributed by atoms with Gasteiger partial charge in [0.1, 0.15) is 10.9 Å². The number of rotatable bonds is 3. The fraction of sp³-hybridized carbons (Fsp3) is 0.500. The highest BCUT2D eigenvalue weighted by molar-refractivity contribution is 7.92. The molecular formula is C14H20BNO6S. The van der Waals surface area contributed by atoms with Gasteiger partial charge in [0.25, 0.3) is 0 Å². The molecule has 0 unspecified atom stereocenters. The van der Waals surface area contributed by atoms with Gasteiger partial charge in [-0.25, -0.2) is 13.2 Å². The zero-order valence-electron chi connectivity index (χ0n) is 13.3. The molecule has 23 heavy (non-hydrogen) atoms. The van der Waals surface area contributed by atoms with E-state index in [1.807, 2.05) is 0 Å². The fourth-order valence-electron chi connectivity index (χ4n) is 2.13. The SMILES string of the molecule is CC(C)(C)OC(=O)N1CC(S(=O)(=O)c2ccc(B(O)O)cc2)C1. The predicted octanol–water partition coefficient (Wildman–Crippen LogP) is -0.241. The first-order chi connectivity index (χ1) is 10.5. The third kappa shape index (κ3) is 4.04. The highest BCUT2D eigenvalue weighted by Gasteiger charge is 2.42. The van der Waals surface area contributed by atoms with E-state index >= 15 is 0 Å². The van der Waals surface area contributed by atoms with Crippen molar-refractivity contribution in [3.05, 3.63) is 24.3 Å². The van der Waals surface area contributed by atoms with Gasteiger partial charge < -0.3 is 19.7 Å². The second-order valence-electron chi connectivity index (χ2n) is 6.50. The molecule has 1 aliphatic rings. The fourth-order valence-corrected chi connectivity index (χ4v) is 3.78. The molecule has 1 fully saturated rings. The van der Waals surface area contributed by atoms with Crippen LogP contribution in [-0.4, -0.2) is 60.5 Å². The van der Waals surface area contributed by atoms with E-state index in [1.165, 1.54) is 29.2 Å². The lowest BCUT2D eigenvalue weighted by Crippen LogP contribution is -2.57. The number of sulfone groups is 1. The van der Waals surface area contributed by atoms with Crippen molar-refractivity contribution < 1.29 is 28.0 Å². The Labute approximate surface area is 135 Å². The van der Waals surface area contributed by atoms with Crippen LogP contribution in [-0.2, 0) is 14.6 Å². The summed E-state index contributed by atoms with van der Waals surface area (Å²) in [5.74, 6) is 0. The Bertz CT molecular complexity index is 674. The summed E-state index contributed by atoms with van der Waals surface area (Å²) in [6.45, 7) is 5.41. The summed E-state index contributed by atoms with van der Waals surface area (Å²) in [5.41, 5.74) is -0.407. The first-order valence-electron chi connectivity index (χ1n) is 7.18. The van der Waals surface area contributed by atoms with Crippen LogP contribution in [0.5, 0.6) is 0 Å². The first-order valence-corrected chi connectivity index (χ1v) is 8.73. The van der Waals surface area contributed by atoms with Gasteiger partial charge in [0.15, 0.2) is 9.84 Å². The van der Waals surface area contributed by atoms with Gasteiger partial charge >= 0.3 is 13.2 Å². The monoisotopic (exact) mass is 341 g/mol. The number of carbonyl (C=O) groups is 1. The molecule has 2 rings (SSSR count). The van der Waals surface area contributed by atoms with Gasteiger partial charge in [-0.05, 0) is 38.4 Å². The maximum Gasteiger partial charge on any atom is 0.488 e. The molecule has 0 saturated carbocycles. The lowest BCUT2D eigenvalue weighted by Gasteiger charge is -2.39. The van der Waals surface area contributed by atoms with Gasteiger partial charge in [-0.2, -0.15) is 0 Å². The number of amides is 1. The van der Waals surface area contributed by atoms with Crippen molar-refractivity contribution in [1.82, 2.24) is 4.90 Å². The molecule has 126 valence electrons. The average molecular weight is 341 g/mol. The molecule has 2 N–H and O–H groups in total. The lowest BCUT2D eigenvalue weighted by molar-refractivity contribution is 0.0139.